The highest BCUT2D eigenvalue weighted by atomic mass is 35.5. The summed E-state index contributed by atoms with van der Waals surface area (Å²) in [6, 6.07) is 26.7. The lowest BCUT2D eigenvalue weighted by Crippen LogP contribution is -2.14. The van der Waals surface area contributed by atoms with Crippen molar-refractivity contribution in [3.8, 4) is 5.75 Å². The van der Waals surface area contributed by atoms with Gasteiger partial charge in [-0.15, -0.1) is 12.4 Å². The highest BCUT2D eigenvalue weighted by molar-refractivity contribution is 6.31. The van der Waals surface area contributed by atoms with E-state index in [1.54, 1.807) is 12.1 Å². The molecule has 5 heteroatoms. The van der Waals surface area contributed by atoms with Gasteiger partial charge >= 0.3 is 0 Å². The molecule has 0 spiro atoms. The second kappa shape index (κ2) is 10.4. The molecule has 30 heavy (non-hydrogen) atoms. The van der Waals surface area contributed by atoms with Crippen molar-refractivity contribution in [1.82, 2.24) is 5.32 Å². The van der Waals surface area contributed by atoms with Crippen molar-refractivity contribution >= 4 is 34.8 Å². The number of benzene rings is 4. The van der Waals surface area contributed by atoms with E-state index in [4.69, 9.17) is 16.3 Å². The Morgan fingerprint density at radius 2 is 1.47 bits per heavy atom. The fourth-order valence-corrected chi connectivity index (χ4v) is 3.57. The van der Waals surface area contributed by atoms with E-state index in [1.165, 1.54) is 6.07 Å². The first-order chi connectivity index (χ1) is 14.2. The van der Waals surface area contributed by atoms with Gasteiger partial charge in [-0.2, -0.15) is 0 Å². The smallest absolute Gasteiger partial charge is 0.129 e. The van der Waals surface area contributed by atoms with Crippen LogP contribution in [0.4, 0.5) is 4.39 Å². The topological polar surface area (TPSA) is 21.3 Å². The molecule has 4 rings (SSSR count). The maximum Gasteiger partial charge on any atom is 0.129 e. The van der Waals surface area contributed by atoms with Gasteiger partial charge in [-0.25, -0.2) is 4.39 Å². The van der Waals surface area contributed by atoms with E-state index in [0.29, 0.717) is 18.7 Å². The first-order valence-electron chi connectivity index (χ1n) is 9.53. The molecule has 0 atom stereocenters. The second-order valence-corrected chi connectivity index (χ2v) is 7.25. The summed E-state index contributed by atoms with van der Waals surface area (Å²) in [6.07, 6.45) is 0. The summed E-state index contributed by atoms with van der Waals surface area (Å²) in [5, 5.41) is 6.46. The summed E-state index contributed by atoms with van der Waals surface area (Å²) in [5.41, 5.74) is 2.63. The first-order valence-corrected chi connectivity index (χ1v) is 9.91. The van der Waals surface area contributed by atoms with E-state index in [2.05, 4.69) is 17.4 Å². The van der Waals surface area contributed by atoms with Gasteiger partial charge in [0, 0.05) is 29.2 Å². The Labute approximate surface area is 187 Å². The zero-order chi connectivity index (χ0) is 20.1. The van der Waals surface area contributed by atoms with Gasteiger partial charge in [-0.3, -0.25) is 0 Å². The minimum Gasteiger partial charge on any atom is -0.488 e. The van der Waals surface area contributed by atoms with Crippen LogP contribution in [-0.2, 0) is 19.7 Å². The molecule has 0 saturated heterocycles. The quantitative estimate of drug-likeness (QED) is 0.335. The lowest BCUT2D eigenvalue weighted by molar-refractivity contribution is 0.296. The SMILES string of the molecule is Cl.Fc1ccccc1COc1ccc2ccccc2c1CNCc1ccccc1Cl. The van der Waals surface area contributed by atoms with Gasteiger partial charge in [-0.05, 0) is 34.5 Å². The summed E-state index contributed by atoms with van der Waals surface area (Å²) in [4.78, 5) is 0. The summed E-state index contributed by atoms with van der Waals surface area (Å²) < 4.78 is 20.0. The van der Waals surface area contributed by atoms with E-state index in [0.717, 1.165) is 32.7 Å². The molecule has 154 valence electrons. The minimum atomic E-state index is -0.258. The van der Waals surface area contributed by atoms with Crippen LogP contribution < -0.4 is 10.1 Å². The third-order valence-electron chi connectivity index (χ3n) is 4.91. The Kier molecular flexibility index (Phi) is 7.69. The van der Waals surface area contributed by atoms with Gasteiger partial charge in [-0.1, -0.05) is 78.3 Å². The Hall–Kier alpha value is -2.59. The third-order valence-corrected chi connectivity index (χ3v) is 5.28. The summed E-state index contributed by atoms with van der Waals surface area (Å²) >= 11 is 6.26. The summed E-state index contributed by atoms with van der Waals surface area (Å²) in [7, 11) is 0. The maximum atomic E-state index is 14.0. The number of ether oxygens (including phenoxy) is 1. The fourth-order valence-electron chi connectivity index (χ4n) is 3.37. The largest absolute Gasteiger partial charge is 0.488 e. The van der Waals surface area contributed by atoms with Gasteiger partial charge in [0.1, 0.15) is 18.2 Å². The summed E-state index contributed by atoms with van der Waals surface area (Å²) in [6.45, 7) is 1.44. The van der Waals surface area contributed by atoms with Gasteiger partial charge in [0.2, 0.25) is 0 Å². The Morgan fingerprint density at radius 3 is 2.27 bits per heavy atom. The molecule has 0 fully saturated rings. The standard InChI is InChI=1S/C25H21ClFNO.ClH/c26-23-11-5-2-8-19(23)15-28-16-22-21-10-4-1-7-18(21)13-14-25(22)29-17-20-9-3-6-12-24(20)27;/h1-14,28H,15-17H2;1H. The molecule has 0 radical (unpaired) electrons. The van der Waals surface area contributed by atoms with Crippen LogP contribution in [0.3, 0.4) is 0 Å². The van der Waals surface area contributed by atoms with E-state index in [1.807, 2.05) is 54.6 Å². The molecule has 0 bridgehead atoms. The average Bonchev–Trinajstić information content (AvgIpc) is 2.75. The molecule has 0 aliphatic heterocycles. The van der Waals surface area contributed by atoms with Crippen molar-refractivity contribution in [2.75, 3.05) is 0 Å². The molecular weight excluding hydrogens is 420 g/mol. The van der Waals surface area contributed by atoms with Gasteiger partial charge in [0.25, 0.3) is 0 Å². The maximum absolute atomic E-state index is 14.0. The number of rotatable bonds is 7. The van der Waals surface area contributed by atoms with Crippen LogP contribution in [0.2, 0.25) is 5.02 Å². The van der Waals surface area contributed by atoms with Crippen LogP contribution >= 0.6 is 24.0 Å². The van der Waals surface area contributed by atoms with Gasteiger partial charge in [0.15, 0.2) is 0 Å². The van der Waals surface area contributed by atoms with E-state index in [9.17, 15) is 4.39 Å². The Balaban J connectivity index is 0.00000256. The summed E-state index contributed by atoms with van der Waals surface area (Å²) in [5.74, 6) is 0.491. The van der Waals surface area contributed by atoms with Crippen molar-refractivity contribution in [2.45, 2.75) is 19.7 Å². The van der Waals surface area contributed by atoms with Crippen LogP contribution in [0.1, 0.15) is 16.7 Å². The highest BCUT2D eigenvalue weighted by Gasteiger charge is 2.11. The van der Waals surface area contributed by atoms with Gasteiger partial charge in [0.05, 0.1) is 0 Å². The fraction of sp³-hybridized carbons (Fsp3) is 0.120. The Bertz CT molecular complexity index is 1130. The monoisotopic (exact) mass is 441 g/mol. The molecule has 0 aromatic heterocycles. The zero-order valence-corrected chi connectivity index (χ0v) is 17.8. The minimum absolute atomic E-state index is 0. The van der Waals surface area contributed by atoms with Crippen LogP contribution in [0, 0.1) is 5.82 Å². The molecular formula is C25H22Cl2FNO. The van der Waals surface area contributed by atoms with Crippen LogP contribution in [0.15, 0.2) is 84.9 Å². The van der Waals surface area contributed by atoms with Crippen LogP contribution in [0.25, 0.3) is 10.8 Å². The number of hydrogen-bond donors (Lipinski definition) is 1. The van der Waals surface area contributed by atoms with Gasteiger partial charge < -0.3 is 10.1 Å². The molecule has 0 aliphatic carbocycles. The predicted octanol–water partition coefficient (Wildman–Crippen LogP) is 6.92. The number of hydrogen-bond acceptors (Lipinski definition) is 2. The second-order valence-electron chi connectivity index (χ2n) is 6.84. The molecule has 4 aromatic carbocycles. The lowest BCUT2D eigenvalue weighted by Gasteiger charge is -2.16. The predicted molar refractivity (Wildman–Crippen MR) is 124 cm³/mol. The van der Waals surface area contributed by atoms with E-state index < -0.39 is 0 Å². The number of fused-ring (bicyclic) bond motifs is 1. The molecule has 0 amide bonds. The van der Waals surface area contributed by atoms with Crippen molar-refractivity contribution in [3.05, 3.63) is 112 Å². The average molecular weight is 442 g/mol. The van der Waals surface area contributed by atoms with Crippen LogP contribution in [0.5, 0.6) is 5.75 Å². The van der Waals surface area contributed by atoms with E-state index >= 15 is 0 Å². The molecule has 2 nitrogen and oxygen atoms in total. The van der Waals surface area contributed by atoms with Crippen molar-refractivity contribution in [2.24, 2.45) is 0 Å². The third kappa shape index (κ3) is 5.11. The molecule has 0 unspecified atom stereocenters. The van der Waals surface area contributed by atoms with Crippen LogP contribution in [-0.4, -0.2) is 0 Å². The van der Waals surface area contributed by atoms with Crippen molar-refractivity contribution in [3.63, 3.8) is 0 Å². The first kappa shape index (κ1) is 22.1. The molecule has 0 aliphatic rings. The van der Waals surface area contributed by atoms with Crippen molar-refractivity contribution < 1.29 is 9.13 Å². The van der Waals surface area contributed by atoms with Crippen molar-refractivity contribution in [1.29, 1.82) is 0 Å². The Morgan fingerprint density at radius 1 is 0.767 bits per heavy atom. The van der Waals surface area contributed by atoms with E-state index in [-0.39, 0.29) is 24.8 Å². The molecule has 4 aromatic rings. The zero-order valence-electron chi connectivity index (χ0n) is 16.3. The highest BCUT2D eigenvalue weighted by Crippen LogP contribution is 2.29. The molecule has 0 saturated carbocycles. The number of nitrogens with one attached hydrogen (secondary N) is 1. The number of halogens is 3. The lowest BCUT2D eigenvalue weighted by atomic mass is 10.0. The molecule has 0 heterocycles. The normalized spacial score (nSPS) is 10.6. The molecule has 1 N–H and O–H groups in total.